The molecule has 0 aliphatic heterocycles. The molecule has 0 saturated heterocycles. The number of hydrogen-bond acceptors (Lipinski definition) is 5. The Morgan fingerprint density at radius 2 is 1.67 bits per heavy atom. The standard InChI is InChI=1S/C10H12O8/c1-4(11)18-10(9(16)17)3-5(7(12)13)2-6(10)8(14)15/h5-6H,2-3H2,1H3,(H,12,13)(H,14,15)(H,16,17). The third kappa shape index (κ3) is 2.27. The van der Waals surface area contributed by atoms with Crippen LogP contribution in [0.4, 0.5) is 0 Å². The molecule has 0 amide bonds. The molecule has 1 fully saturated rings. The molecule has 3 atom stereocenters. The average molecular weight is 260 g/mol. The van der Waals surface area contributed by atoms with Crippen molar-refractivity contribution in [1.29, 1.82) is 0 Å². The molecule has 3 N–H and O–H groups in total. The van der Waals surface area contributed by atoms with E-state index in [9.17, 15) is 19.2 Å². The van der Waals surface area contributed by atoms with E-state index in [-0.39, 0.29) is 6.42 Å². The van der Waals surface area contributed by atoms with Gasteiger partial charge in [0, 0.05) is 13.3 Å². The highest BCUT2D eigenvalue weighted by atomic mass is 16.6. The molecule has 0 aromatic carbocycles. The minimum absolute atomic E-state index is 0.385. The van der Waals surface area contributed by atoms with Gasteiger partial charge in [-0.05, 0) is 6.42 Å². The molecule has 1 saturated carbocycles. The van der Waals surface area contributed by atoms with Gasteiger partial charge in [-0.2, -0.15) is 0 Å². The Bertz CT molecular complexity index is 414. The highest BCUT2D eigenvalue weighted by Crippen LogP contribution is 2.43. The molecule has 0 spiro atoms. The van der Waals surface area contributed by atoms with E-state index in [1.165, 1.54) is 0 Å². The number of aliphatic carboxylic acids is 3. The predicted molar refractivity (Wildman–Crippen MR) is 53.6 cm³/mol. The van der Waals surface area contributed by atoms with E-state index in [0.717, 1.165) is 6.92 Å². The van der Waals surface area contributed by atoms with E-state index in [4.69, 9.17) is 15.3 Å². The summed E-state index contributed by atoms with van der Waals surface area (Å²) in [6, 6.07) is 0. The first kappa shape index (κ1) is 13.9. The maximum atomic E-state index is 11.2. The summed E-state index contributed by atoms with van der Waals surface area (Å²) >= 11 is 0. The predicted octanol–water partition coefficient (Wildman–Crippen LogP) is -0.432. The Kier molecular flexibility index (Phi) is 3.59. The van der Waals surface area contributed by atoms with Crippen molar-refractivity contribution in [2.45, 2.75) is 25.4 Å². The molecule has 18 heavy (non-hydrogen) atoms. The lowest BCUT2D eigenvalue weighted by Gasteiger charge is -2.27. The molecule has 0 aromatic rings. The van der Waals surface area contributed by atoms with Crippen LogP contribution in [0, 0.1) is 11.8 Å². The molecular formula is C10H12O8. The zero-order valence-corrected chi connectivity index (χ0v) is 9.45. The second-order valence-electron chi connectivity index (χ2n) is 4.15. The smallest absolute Gasteiger partial charge is 0.349 e. The lowest BCUT2D eigenvalue weighted by molar-refractivity contribution is -0.186. The number of ether oxygens (including phenoxy) is 1. The van der Waals surface area contributed by atoms with E-state index >= 15 is 0 Å². The Hall–Kier alpha value is -2.12. The maximum Gasteiger partial charge on any atom is 0.349 e. The van der Waals surface area contributed by atoms with Gasteiger partial charge in [-0.3, -0.25) is 14.4 Å². The number of rotatable bonds is 4. The molecule has 0 radical (unpaired) electrons. The van der Waals surface area contributed by atoms with Crippen molar-refractivity contribution in [1.82, 2.24) is 0 Å². The van der Waals surface area contributed by atoms with Crippen molar-refractivity contribution in [3.8, 4) is 0 Å². The van der Waals surface area contributed by atoms with Crippen molar-refractivity contribution in [3.05, 3.63) is 0 Å². The molecule has 100 valence electrons. The molecule has 1 rings (SSSR count). The third-order valence-electron chi connectivity index (χ3n) is 2.97. The van der Waals surface area contributed by atoms with Crippen molar-refractivity contribution in [3.63, 3.8) is 0 Å². The van der Waals surface area contributed by atoms with Crippen LogP contribution in [0.15, 0.2) is 0 Å². The summed E-state index contributed by atoms with van der Waals surface area (Å²) in [5.41, 5.74) is -2.30. The molecule has 3 unspecified atom stereocenters. The van der Waals surface area contributed by atoms with E-state index in [2.05, 4.69) is 4.74 Å². The number of carbonyl (C=O) groups is 4. The SMILES string of the molecule is CC(=O)OC1(C(=O)O)CC(C(=O)O)CC1C(=O)O. The first-order chi connectivity index (χ1) is 8.20. The maximum absolute atomic E-state index is 11.2. The summed E-state index contributed by atoms with van der Waals surface area (Å²) in [5.74, 6) is -8.15. The minimum Gasteiger partial charge on any atom is -0.481 e. The van der Waals surface area contributed by atoms with Gasteiger partial charge in [-0.25, -0.2) is 4.79 Å². The van der Waals surface area contributed by atoms with E-state index in [1.807, 2.05) is 0 Å². The first-order valence-corrected chi connectivity index (χ1v) is 5.09. The van der Waals surface area contributed by atoms with Crippen LogP contribution in [0.5, 0.6) is 0 Å². The summed E-state index contributed by atoms with van der Waals surface area (Å²) in [7, 11) is 0. The molecule has 1 aliphatic carbocycles. The fourth-order valence-electron chi connectivity index (χ4n) is 2.20. The van der Waals surface area contributed by atoms with Gasteiger partial charge in [0.25, 0.3) is 0 Å². The summed E-state index contributed by atoms with van der Waals surface area (Å²) in [5, 5.41) is 26.9. The van der Waals surface area contributed by atoms with E-state index in [0.29, 0.717) is 0 Å². The van der Waals surface area contributed by atoms with Gasteiger partial charge in [-0.1, -0.05) is 0 Å². The Morgan fingerprint density at radius 1 is 1.11 bits per heavy atom. The van der Waals surface area contributed by atoms with Crippen LogP contribution >= 0.6 is 0 Å². The molecular weight excluding hydrogens is 248 g/mol. The number of carbonyl (C=O) groups excluding carboxylic acids is 1. The zero-order chi connectivity index (χ0) is 14.1. The lowest BCUT2D eigenvalue weighted by Crippen LogP contribution is -2.49. The fraction of sp³-hybridized carbons (Fsp3) is 0.600. The van der Waals surface area contributed by atoms with Crippen molar-refractivity contribution in [2.24, 2.45) is 11.8 Å². The number of carboxylic acid groups (broad SMARTS) is 3. The van der Waals surface area contributed by atoms with Gasteiger partial charge in [-0.15, -0.1) is 0 Å². The van der Waals surface area contributed by atoms with Gasteiger partial charge in [0.1, 0.15) is 5.92 Å². The van der Waals surface area contributed by atoms with Crippen LogP contribution in [-0.2, 0) is 23.9 Å². The van der Waals surface area contributed by atoms with Gasteiger partial charge >= 0.3 is 23.9 Å². The van der Waals surface area contributed by atoms with Crippen molar-refractivity contribution >= 4 is 23.9 Å². The molecule has 0 heterocycles. The number of esters is 1. The van der Waals surface area contributed by atoms with Crippen LogP contribution in [0.2, 0.25) is 0 Å². The minimum atomic E-state index is -2.30. The van der Waals surface area contributed by atoms with Gasteiger partial charge in [0.2, 0.25) is 5.60 Å². The summed E-state index contributed by atoms with van der Waals surface area (Å²) in [6.45, 7) is 0.942. The van der Waals surface area contributed by atoms with Gasteiger partial charge in [0.15, 0.2) is 0 Å². The van der Waals surface area contributed by atoms with Crippen LogP contribution in [0.3, 0.4) is 0 Å². The lowest BCUT2D eigenvalue weighted by atomic mass is 9.90. The topological polar surface area (TPSA) is 138 Å². The van der Waals surface area contributed by atoms with Gasteiger partial charge < -0.3 is 20.1 Å². The van der Waals surface area contributed by atoms with Crippen LogP contribution in [0.1, 0.15) is 19.8 Å². The van der Waals surface area contributed by atoms with Crippen molar-refractivity contribution < 1.29 is 39.2 Å². The Labute approximate surface area is 101 Å². The third-order valence-corrected chi connectivity index (χ3v) is 2.97. The van der Waals surface area contributed by atoms with Crippen molar-refractivity contribution in [2.75, 3.05) is 0 Å². The number of hydrogen-bond donors (Lipinski definition) is 3. The highest BCUT2D eigenvalue weighted by molar-refractivity contribution is 5.90. The summed E-state index contributed by atoms with van der Waals surface area (Å²) in [4.78, 5) is 44.0. The summed E-state index contributed by atoms with van der Waals surface area (Å²) in [6.07, 6.45) is -0.932. The van der Waals surface area contributed by atoms with E-state index in [1.54, 1.807) is 0 Å². The molecule has 8 nitrogen and oxygen atoms in total. The highest BCUT2D eigenvalue weighted by Gasteiger charge is 2.60. The largest absolute Gasteiger partial charge is 0.481 e. The quantitative estimate of drug-likeness (QED) is 0.578. The van der Waals surface area contributed by atoms with Crippen LogP contribution < -0.4 is 0 Å². The molecule has 8 heteroatoms. The first-order valence-electron chi connectivity index (χ1n) is 5.09. The molecule has 0 bridgehead atoms. The zero-order valence-electron chi connectivity index (χ0n) is 9.45. The van der Waals surface area contributed by atoms with Crippen LogP contribution in [-0.4, -0.2) is 44.8 Å². The molecule has 1 aliphatic rings. The van der Waals surface area contributed by atoms with E-state index < -0.39 is 47.7 Å². The Balaban J connectivity index is 3.19. The Morgan fingerprint density at radius 3 is 2.00 bits per heavy atom. The monoisotopic (exact) mass is 260 g/mol. The molecule has 0 aromatic heterocycles. The number of carboxylic acids is 3. The second-order valence-corrected chi connectivity index (χ2v) is 4.15. The van der Waals surface area contributed by atoms with Crippen LogP contribution in [0.25, 0.3) is 0 Å². The summed E-state index contributed by atoms with van der Waals surface area (Å²) < 4.78 is 4.63. The average Bonchev–Trinajstić information content (AvgIpc) is 2.57. The van der Waals surface area contributed by atoms with Gasteiger partial charge in [0.05, 0.1) is 5.92 Å². The fourth-order valence-corrected chi connectivity index (χ4v) is 2.20. The second kappa shape index (κ2) is 4.63. The normalized spacial score (nSPS) is 30.7.